The molecule has 0 spiro atoms. The summed E-state index contributed by atoms with van der Waals surface area (Å²) in [5.41, 5.74) is 0.370. The Kier molecular flexibility index (Phi) is 2.79. The van der Waals surface area contributed by atoms with Crippen molar-refractivity contribution in [2.45, 2.75) is 4.90 Å². The molecule has 0 unspecified atom stereocenters. The standard InChI is InChI=1S/C11H11N3O4S/c15-19(16,14-8-6-12-13-7-8)9-1-2-10-11(5-9)18-4-3-17-10/h1-2,5-7,14H,3-4H2,(H,12,13). The van der Waals surface area contributed by atoms with E-state index < -0.39 is 10.0 Å². The minimum atomic E-state index is -3.66. The number of fused-ring (bicyclic) bond motifs is 1. The molecule has 1 aromatic heterocycles. The molecule has 7 nitrogen and oxygen atoms in total. The van der Waals surface area contributed by atoms with E-state index in [-0.39, 0.29) is 4.90 Å². The van der Waals surface area contributed by atoms with Crippen molar-refractivity contribution in [1.82, 2.24) is 10.2 Å². The molecule has 1 aliphatic rings. The molecule has 1 aromatic carbocycles. The first-order chi connectivity index (χ1) is 9.15. The second kappa shape index (κ2) is 4.47. The summed E-state index contributed by atoms with van der Waals surface area (Å²) in [4.78, 5) is 0.109. The van der Waals surface area contributed by atoms with Crippen molar-refractivity contribution in [2.24, 2.45) is 0 Å². The van der Waals surface area contributed by atoms with Gasteiger partial charge in [0.1, 0.15) is 13.2 Å². The number of aromatic nitrogens is 2. The molecular weight excluding hydrogens is 270 g/mol. The highest BCUT2D eigenvalue weighted by atomic mass is 32.2. The van der Waals surface area contributed by atoms with E-state index in [1.807, 2.05) is 0 Å². The number of ether oxygens (including phenoxy) is 2. The molecule has 0 fully saturated rings. The largest absolute Gasteiger partial charge is 0.486 e. The number of nitrogens with zero attached hydrogens (tertiary/aromatic N) is 1. The van der Waals surface area contributed by atoms with Crippen molar-refractivity contribution in [1.29, 1.82) is 0 Å². The number of sulfonamides is 1. The SMILES string of the molecule is O=S(=O)(Nc1cn[nH]c1)c1ccc2c(c1)OCCO2. The first-order valence-corrected chi connectivity index (χ1v) is 7.05. The van der Waals surface area contributed by atoms with Crippen molar-refractivity contribution >= 4 is 15.7 Å². The Hall–Kier alpha value is -2.22. The molecule has 8 heteroatoms. The van der Waals surface area contributed by atoms with Gasteiger partial charge in [-0.15, -0.1) is 0 Å². The smallest absolute Gasteiger partial charge is 0.262 e. The third kappa shape index (κ3) is 2.34. The average Bonchev–Trinajstić information content (AvgIpc) is 2.90. The fourth-order valence-corrected chi connectivity index (χ4v) is 2.76. The van der Waals surface area contributed by atoms with Crippen LogP contribution in [0, 0.1) is 0 Å². The maximum atomic E-state index is 12.1. The van der Waals surface area contributed by atoms with Gasteiger partial charge in [-0.2, -0.15) is 5.10 Å². The zero-order valence-corrected chi connectivity index (χ0v) is 10.6. The molecule has 19 heavy (non-hydrogen) atoms. The molecule has 0 saturated carbocycles. The molecule has 1 aliphatic heterocycles. The zero-order chi connectivity index (χ0) is 13.3. The third-order valence-corrected chi connectivity index (χ3v) is 3.95. The van der Waals surface area contributed by atoms with Crippen LogP contribution in [0.2, 0.25) is 0 Å². The zero-order valence-electron chi connectivity index (χ0n) is 9.79. The summed E-state index contributed by atoms with van der Waals surface area (Å²) in [6.07, 6.45) is 2.84. The lowest BCUT2D eigenvalue weighted by atomic mass is 10.3. The Balaban J connectivity index is 1.93. The lowest BCUT2D eigenvalue weighted by Gasteiger charge is -2.18. The predicted molar refractivity (Wildman–Crippen MR) is 66.8 cm³/mol. The Bertz CT molecular complexity index is 682. The topological polar surface area (TPSA) is 93.3 Å². The molecule has 2 heterocycles. The van der Waals surface area contributed by atoms with Crippen LogP contribution in [0.1, 0.15) is 0 Å². The van der Waals surface area contributed by atoms with Gasteiger partial charge < -0.3 is 9.47 Å². The van der Waals surface area contributed by atoms with Crippen LogP contribution in [-0.4, -0.2) is 31.8 Å². The summed E-state index contributed by atoms with van der Waals surface area (Å²) in [6.45, 7) is 0.873. The third-order valence-electron chi connectivity index (χ3n) is 2.57. The van der Waals surface area contributed by atoms with Gasteiger partial charge in [0.15, 0.2) is 11.5 Å². The minimum absolute atomic E-state index is 0.109. The van der Waals surface area contributed by atoms with E-state index in [0.29, 0.717) is 30.4 Å². The molecule has 0 atom stereocenters. The Morgan fingerprint density at radius 2 is 2.00 bits per heavy atom. The maximum absolute atomic E-state index is 12.1. The van der Waals surface area contributed by atoms with Gasteiger partial charge in [-0.05, 0) is 12.1 Å². The molecule has 0 saturated heterocycles. The van der Waals surface area contributed by atoms with Crippen LogP contribution in [0.15, 0.2) is 35.5 Å². The first kappa shape index (κ1) is 11.8. The van der Waals surface area contributed by atoms with Gasteiger partial charge >= 0.3 is 0 Å². The van der Waals surface area contributed by atoms with Gasteiger partial charge in [-0.1, -0.05) is 0 Å². The molecule has 2 N–H and O–H groups in total. The fraction of sp³-hybridized carbons (Fsp3) is 0.182. The second-order valence-electron chi connectivity index (χ2n) is 3.90. The summed E-state index contributed by atoms with van der Waals surface area (Å²) >= 11 is 0. The fourth-order valence-electron chi connectivity index (χ4n) is 1.71. The van der Waals surface area contributed by atoms with E-state index in [0.717, 1.165) is 0 Å². The number of H-pyrrole nitrogens is 1. The summed E-state index contributed by atoms with van der Waals surface area (Å²) in [7, 11) is -3.66. The minimum Gasteiger partial charge on any atom is -0.486 e. The Morgan fingerprint density at radius 3 is 2.74 bits per heavy atom. The van der Waals surface area contributed by atoms with Crippen LogP contribution in [0.25, 0.3) is 0 Å². The lowest BCUT2D eigenvalue weighted by molar-refractivity contribution is 0.171. The van der Waals surface area contributed by atoms with Gasteiger partial charge in [0, 0.05) is 12.3 Å². The van der Waals surface area contributed by atoms with E-state index in [9.17, 15) is 8.42 Å². The number of hydrogen-bond acceptors (Lipinski definition) is 5. The van der Waals surface area contributed by atoms with Crippen molar-refractivity contribution in [3.05, 3.63) is 30.6 Å². The molecule has 0 aliphatic carbocycles. The number of nitrogens with one attached hydrogen (secondary N) is 2. The van der Waals surface area contributed by atoms with Gasteiger partial charge in [0.25, 0.3) is 10.0 Å². The van der Waals surface area contributed by atoms with Gasteiger partial charge in [0.05, 0.1) is 16.8 Å². The number of benzene rings is 1. The van der Waals surface area contributed by atoms with Crippen LogP contribution in [0.5, 0.6) is 11.5 Å². The molecular formula is C11H11N3O4S. The van der Waals surface area contributed by atoms with E-state index in [2.05, 4.69) is 14.9 Å². The highest BCUT2D eigenvalue weighted by Gasteiger charge is 2.19. The molecule has 0 amide bonds. The van der Waals surface area contributed by atoms with Crippen molar-refractivity contribution < 1.29 is 17.9 Å². The normalized spacial score (nSPS) is 14.1. The molecule has 100 valence electrons. The quantitative estimate of drug-likeness (QED) is 0.874. The Morgan fingerprint density at radius 1 is 1.21 bits per heavy atom. The monoisotopic (exact) mass is 281 g/mol. The van der Waals surface area contributed by atoms with E-state index in [1.54, 1.807) is 6.07 Å². The van der Waals surface area contributed by atoms with E-state index >= 15 is 0 Å². The van der Waals surface area contributed by atoms with Crippen LogP contribution >= 0.6 is 0 Å². The average molecular weight is 281 g/mol. The van der Waals surface area contributed by atoms with Crippen LogP contribution < -0.4 is 14.2 Å². The number of rotatable bonds is 3. The van der Waals surface area contributed by atoms with Gasteiger partial charge in [-0.25, -0.2) is 8.42 Å². The molecule has 0 radical (unpaired) electrons. The number of anilines is 1. The Labute approximate surface area is 109 Å². The van der Waals surface area contributed by atoms with E-state index in [1.165, 1.54) is 24.5 Å². The van der Waals surface area contributed by atoms with Gasteiger partial charge in [0.2, 0.25) is 0 Å². The predicted octanol–water partition coefficient (Wildman–Crippen LogP) is 0.982. The summed E-state index contributed by atoms with van der Waals surface area (Å²) in [6, 6.07) is 4.49. The number of aromatic amines is 1. The second-order valence-corrected chi connectivity index (χ2v) is 5.58. The van der Waals surface area contributed by atoms with E-state index in [4.69, 9.17) is 9.47 Å². The molecule has 0 bridgehead atoms. The van der Waals surface area contributed by atoms with Crippen LogP contribution in [-0.2, 0) is 10.0 Å². The molecule has 3 rings (SSSR count). The molecule has 2 aromatic rings. The highest BCUT2D eigenvalue weighted by molar-refractivity contribution is 7.92. The van der Waals surface area contributed by atoms with Crippen LogP contribution in [0.3, 0.4) is 0 Å². The number of hydrogen-bond donors (Lipinski definition) is 2. The van der Waals surface area contributed by atoms with Crippen molar-refractivity contribution in [2.75, 3.05) is 17.9 Å². The first-order valence-electron chi connectivity index (χ1n) is 5.56. The maximum Gasteiger partial charge on any atom is 0.262 e. The van der Waals surface area contributed by atoms with Crippen molar-refractivity contribution in [3.8, 4) is 11.5 Å². The summed E-state index contributed by atoms with van der Waals surface area (Å²) in [5.74, 6) is 0.981. The van der Waals surface area contributed by atoms with Gasteiger partial charge in [-0.3, -0.25) is 9.82 Å². The summed E-state index contributed by atoms with van der Waals surface area (Å²) < 4.78 is 37.4. The van der Waals surface area contributed by atoms with Crippen LogP contribution in [0.4, 0.5) is 5.69 Å². The highest BCUT2D eigenvalue weighted by Crippen LogP contribution is 2.32. The lowest BCUT2D eigenvalue weighted by Crippen LogP contribution is -2.17. The summed E-state index contributed by atoms with van der Waals surface area (Å²) in [5, 5.41) is 6.21. The van der Waals surface area contributed by atoms with Crippen molar-refractivity contribution in [3.63, 3.8) is 0 Å².